The fraction of sp³-hybridized carbons (Fsp3) is 0.368. The highest BCUT2D eigenvalue weighted by atomic mass is 16.3. The number of H-pyrrole nitrogens is 1. The van der Waals surface area contributed by atoms with Crippen LogP contribution in [0.4, 0.5) is 0 Å². The van der Waals surface area contributed by atoms with Gasteiger partial charge in [-0.3, -0.25) is 9.59 Å². The van der Waals surface area contributed by atoms with Crippen molar-refractivity contribution in [3.63, 3.8) is 0 Å². The average molecular weight is 326 g/mol. The molecule has 1 aromatic heterocycles. The lowest BCUT2D eigenvalue weighted by Gasteiger charge is -2.38. The van der Waals surface area contributed by atoms with Crippen LogP contribution in [-0.2, 0) is 6.42 Å². The maximum Gasteiger partial charge on any atom is 0.254 e. The second-order valence-corrected chi connectivity index (χ2v) is 6.62. The number of nitrogens with zero attached hydrogens (tertiary/aromatic N) is 1. The number of carbonyl (C=O) groups is 1. The van der Waals surface area contributed by atoms with E-state index in [1.54, 1.807) is 11.0 Å². The van der Waals surface area contributed by atoms with Crippen LogP contribution in [0.15, 0.2) is 47.4 Å². The van der Waals surface area contributed by atoms with Crippen molar-refractivity contribution in [2.24, 2.45) is 0 Å². The number of aromatic nitrogens is 1. The van der Waals surface area contributed by atoms with E-state index < -0.39 is 5.60 Å². The largest absolute Gasteiger partial charge is 0.389 e. The highest BCUT2D eigenvalue weighted by Crippen LogP contribution is 2.27. The molecular weight excluding hydrogens is 304 g/mol. The molecule has 126 valence electrons. The Morgan fingerprint density at radius 2 is 2.00 bits per heavy atom. The van der Waals surface area contributed by atoms with E-state index in [2.05, 4.69) is 11.1 Å². The van der Waals surface area contributed by atoms with Gasteiger partial charge in [-0.1, -0.05) is 29.8 Å². The maximum absolute atomic E-state index is 12.5. The van der Waals surface area contributed by atoms with Crippen molar-refractivity contribution in [2.45, 2.75) is 31.8 Å². The smallest absolute Gasteiger partial charge is 0.254 e. The zero-order valence-corrected chi connectivity index (χ0v) is 13.8. The Balaban J connectivity index is 1.64. The molecule has 1 aromatic carbocycles. The summed E-state index contributed by atoms with van der Waals surface area (Å²) in [5.74, 6) is -0.154. The van der Waals surface area contributed by atoms with Gasteiger partial charge < -0.3 is 15.0 Å². The lowest BCUT2D eigenvalue weighted by Crippen LogP contribution is -2.47. The number of pyridine rings is 1. The number of carbonyl (C=O) groups excluding carboxylic acids is 1. The number of piperidine rings is 1. The lowest BCUT2D eigenvalue weighted by molar-refractivity contribution is -0.0162. The van der Waals surface area contributed by atoms with E-state index in [-0.39, 0.29) is 11.5 Å². The highest BCUT2D eigenvalue weighted by molar-refractivity contribution is 5.94. The van der Waals surface area contributed by atoms with E-state index in [1.807, 2.05) is 25.1 Å². The monoisotopic (exact) mass is 326 g/mol. The summed E-state index contributed by atoms with van der Waals surface area (Å²) in [6.45, 7) is 3.03. The summed E-state index contributed by atoms with van der Waals surface area (Å²) in [4.78, 5) is 28.0. The fourth-order valence-electron chi connectivity index (χ4n) is 3.27. The van der Waals surface area contributed by atoms with E-state index in [9.17, 15) is 14.7 Å². The van der Waals surface area contributed by atoms with Crippen LogP contribution < -0.4 is 5.56 Å². The van der Waals surface area contributed by atoms with Gasteiger partial charge in [0.25, 0.3) is 5.91 Å². The minimum Gasteiger partial charge on any atom is -0.389 e. The fourth-order valence-corrected chi connectivity index (χ4v) is 3.27. The Bertz CT molecular complexity index is 789. The molecule has 0 unspecified atom stereocenters. The first kappa shape index (κ1) is 16.5. The van der Waals surface area contributed by atoms with Crippen molar-refractivity contribution >= 4 is 5.91 Å². The van der Waals surface area contributed by atoms with Gasteiger partial charge >= 0.3 is 0 Å². The molecule has 2 N–H and O–H groups in total. The van der Waals surface area contributed by atoms with Crippen molar-refractivity contribution in [1.29, 1.82) is 0 Å². The summed E-state index contributed by atoms with van der Waals surface area (Å²) in [7, 11) is 0. The number of aliphatic hydroxyl groups is 1. The molecule has 1 amide bonds. The van der Waals surface area contributed by atoms with Crippen molar-refractivity contribution < 1.29 is 9.90 Å². The second kappa shape index (κ2) is 6.61. The van der Waals surface area contributed by atoms with Crippen LogP contribution in [0.5, 0.6) is 0 Å². The molecule has 1 aliphatic heterocycles. The van der Waals surface area contributed by atoms with Gasteiger partial charge in [0, 0.05) is 37.3 Å². The maximum atomic E-state index is 12.5. The summed E-state index contributed by atoms with van der Waals surface area (Å²) in [5, 5.41) is 10.8. The first-order valence-electron chi connectivity index (χ1n) is 8.21. The van der Waals surface area contributed by atoms with Gasteiger partial charge in [-0.15, -0.1) is 0 Å². The minimum atomic E-state index is -0.779. The molecule has 24 heavy (non-hydrogen) atoms. The summed E-state index contributed by atoms with van der Waals surface area (Å²) < 4.78 is 0. The summed E-state index contributed by atoms with van der Waals surface area (Å²) >= 11 is 0. The molecule has 1 saturated heterocycles. The molecule has 0 atom stereocenters. The molecule has 1 fully saturated rings. The third-order valence-electron chi connectivity index (χ3n) is 4.62. The van der Waals surface area contributed by atoms with E-state index >= 15 is 0 Å². The number of hydrogen-bond acceptors (Lipinski definition) is 3. The van der Waals surface area contributed by atoms with Crippen molar-refractivity contribution in [1.82, 2.24) is 9.88 Å². The first-order chi connectivity index (χ1) is 11.5. The number of aryl methyl sites for hydroxylation is 1. The molecule has 1 aliphatic rings. The molecule has 0 spiro atoms. The van der Waals surface area contributed by atoms with Crippen molar-refractivity contribution in [3.8, 4) is 0 Å². The Morgan fingerprint density at radius 1 is 1.25 bits per heavy atom. The Kier molecular flexibility index (Phi) is 4.53. The van der Waals surface area contributed by atoms with Gasteiger partial charge in [0.15, 0.2) is 0 Å². The van der Waals surface area contributed by atoms with Crippen LogP contribution in [0.1, 0.15) is 34.3 Å². The van der Waals surface area contributed by atoms with Crippen LogP contribution in [0.25, 0.3) is 0 Å². The van der Waals surface area contributed by atoms with Gasteiger partial charge in [-0.2, -0.15) is 0 Å². The van der Waals surface area contributed by atoms with E-state index in [1.165, 1.54) is 17.8 Å². The number of likely N-dealkylation sites (tertiary alicyclic amines) is 1. The lowest BCUT2D eigenvalue weighted by atomic mass is 9.85. The number of rotatable bonds is 3. The van der Waals surface area contributed by atoms with E-state index in [4.69, 9.17) is 0 Å². The molecule has 5 heteroatoms. The first-order valence-corrected chi connectivity index (χ1v) is 8.21. The summed E-state index contributed by atoms with van der Waals surface area (Å²) in [5.41, 5.74) is 1.63. The van der Waals surface area contributed by atoms with Crippen LogP contribution in [-0.4, -0.2) is 39.6 Å². The number of amides is 1. The third-order valence-corrected chi connectivity index (χ3v) is 4.62. The van der Waals surface area contributed by atoms with Gasteiger partial charge in [0.1, 0.15) is 0 Å². The zero-order chi connectivity index (χ0) is 17.2. The van der Waals surface area contributed by atoms with E-state index in [0.717, 1.165) is 5.56 Å². The van der Waals surface area contributed by atoms with Crippen molar-refractivity contribution in [3.05, 3.63) is 69.6 Å². The number of aromatic amines is 1. The molecule has 0 aliphatic carbocycles. The molecule has 2 aromatic rings. The normalized spacial score (nSPS) is 16.8. The molecule has 0 saturated carbocycles. The molecule has 2 heterocycles. The molecule has 0 bridgehead atoms. The SMILES string of the molecule is Cc1cccc(CC2(O)CCN(C(=O)c3cc[nH]c(=O)c3)CC2)c1. The molecular formula is C19H22N2O3. The number of benzene rings is 1. The second-order valence-electron chi connectivity index (χ2n) is 6.62. The van der Waals surface area contributed by atoms with E-state index in [0.29, 0.717) is 37.9 Å². The number of hydrogen-bond donors (Lipinski definition) is 2. The topological polar surface area (TPSA) is 73.4 Å². The Hall–Kier alpha value is -2.40. The average Bonchev–Trinajstić information content (AvgIpc) is 2.54. The Morgan fingerprint density at radius 3 is 2.67 bits per heavy atom. The predicted octanol–water partition coefficient (Wildman–Crippen LogP) is 1.89. The quantitative estimate of drug-likeness (QED) is 0.905. The minimum absolute atomic E-state index is 0.154. The van der Waals surface area contributed by atoms with Crippen LogP contribution in [0.3, 0.4) is 0 Å². The molecule has 5 nitrogen and oxygen atoms in total. The number of nitrogens with one attached hydrogen (secondary N) is 1. The molecule has 0 radical (unpaired) electrons. The van der Waals surface area contributed by atoms with Crippen LogP contribution >= 0.6 is 0 Å². The standard InChI is InChI=1S/C19H22N2O3/c1-14-3-2-4-15(11-14)13-19(24)6-9-21(10-7-19)18(23)16-5-8-20-17(22)12-16/h2-5,8,11-12,24H,6-7,9-10,13H2,1H3,(H,20,22). The van der Waals surface area contributed by atoms with Gasteiger partial charge in [0.2, 0.25) is 5.56 Å². The highest BCUT2D eigenvalue weighted by Gasteiger charge is 2.34. The zero-order valence-electron chi connectivity index (χ0n) is 13.8. The Labute approximate surface area is 140 Å². The van der Waals surface area contributed by atoms with Crippen LogP contribution in [0, 0.1) is 6.92 Å². The summed E-state index contributed by atoms with van der Waals surface area (Å²) in [6.07, 6.45) is 3.15. The molecule has 3 rings (SSSR count). The predicted molar refractivity (Wildman–Crippen MR) is 92.0 cm³/mol. The summed E-state index contributed by atoms with van der Waals surface area (Å²) in [6, 6.07) is 11.1. The van der Waals surface area contributed by atoms with Gasteiger partial charge in [0.05, 0.1) is 5.60 Å². The van der Waals surface area contributed by atoms with Gasteiger partial charge in [-0.05, 0) is 31.4 Å². The third kappa shape index (κ3) is 3.74. The van der Waals surface area contributed by atoms with Gasteiger partial charge in [-0.25, -0.2) is 0 Å². The van der Waals surface area contributed by atoms with Crippen LogP contribution in [0.2, 0.25) is 0 Å². The van der Waals surface area contributed by atoms with Crippen molar-refractivity contribution in [2.75, 3.05) is 13.1 Å².